The van der Waals surface area contributed by atoms with E-state index in [2.05, 4.69) is 0 Å². The van der Waals surface area contributed by atoms with Gasteiger partial charge in [0.2, 0.25) is 0 Å². The summed E-state index contributed by atoms with van der Waals surface area (Å²) in [5.41, 5.74) is -0.844. The summed E-state index contributed by atoms with van der Waals surface area (Å²) >= 11 is 0. The number of piperidine rings is 2. The van der Waals surface area contributed by atoms with Crippen LogP contribution in [0, 0.1) is 11.7 Å². The van der Waals surface area contributed by atoms with Crippen LogP contribution in [0.25, 0.3) is 0 Å². The Morgan fingerprint density at radius 1 is 1.26 bits per heavy atom. The Morgan fingerprint density at radius 2 is 1.93 bits per heavy atom. The number of rotatable bonds is 3. The first kappa shape index (κ1) is 19.4. The molecule has 7 nitrogen and oxygen atoms in total. The topological polar surface area (TPSA) is 73.3 Å². The highest BCUT2D eigenvalue weighted by Crippen LogP contribution is 2.35. The van der Waals surface area contributed by atoms with E-state index in [0.717, 1.165) is 0 Å². The van der Waals surface area contributed by atoms with Crippen LogP contribution in [0.1, 0.15) is 12.8 Å². The van der Waals surface area contributed by atoms with E-state index in [1.54, 1.807) is 30.0 Å². The van der Waals surface area contributed by atoms with Gasteiger partial charge in [-0.25, -0.2) is 9.18 Å². The van der Waals surface area contributed by atoms with Gasteiger partial charge in [0.15, 0.2) is 6.61 Å². The van der Waals surface area contributed by atoms with Gasteiger partial charge in [0.1, 0.15) is 11.6 Å². The quantitative estimate of drug-likeness (QED) is 0.856. The minimum Gasteiger partial charge on any atom is -0.484 e. The zero-order valence-corrected chi connectivity index (χ0v) is 15.7. The largest absolute Gasteiger partial charge is 0.484 e. The van der Waals surface area contributed by atoms with Crippen molar-refractivity contribution in [3.8, 4) is 5.75 Å². The average Bonchev–Trinajstić information content (AvgIpc) is 2.64. The Balaban J connectivity index is 1.59. The lowest BCUT2D eigenvalue weighted by atomic mass is 9.75. The molecular weight excluding hydrogens is 353 g/mol. The van der Waals surface area contributed by atoms with E-state index in [1.165, 1.54) is 23.1 Å². The number of carbonyl (C=O) groups excluding carboxylic acids is 2. The molecule has 8 heteroatoms. The molecule has 0 radical (unpaired) electrons. The lowest BCUT2D eigenvalue weighted by molar-refractivity contribution is -0.147. The van der Waals surface area contributed by atoms with Crippen LogP contribution in [0.5, 0.6) is 5.75 Å². The number of benzene rings is 1. The average molecular weight is 379 g/mol. The number of carbonyl (C=O) groups is 2. The van der Waals surface area contributed by atoms with Crippen LogP contribution in [0.3, 0.4) is 0 Å². The highest BCUT2D eigenvalue weighted by atomic mass is 19.1. The molecule has 0 aromatic heterocycles. The lowest BCUT2D eigenvalue weighted by Crippen LogP contribution is -2.62. The maximum Gasteiger partial charge on any atom is 0.319 e. The first-order chi connectivity index (χ1) is 12.8. The Kier molecular flexibility index (Phi) is 5.55. The van der Waals surface area contributed by atoms with Crippen molar-refractivity contribution in [3.63, 3.8) is 0 Å². The Hall–Kier alpha value is -2.35. The van der Waals surface area contributed by atoms with Gasteiger partial charge in [-0.3, -0.25) is 4.79 Å². The summed E-state index contributed by atoms with van der Waals surface area (Å²) in [7, 11) is 3.40. The summed E-state index contributed by atoms with van der Waals surface area (Å²) in [5.74, 6) is -0.521. The van der Waals surface area contributed by atoms with Gasteiger partial charge in [-0.05, 0) is 25.0 Å². The van der Waals surface area contributed by atoms with Crippen LogP contribution < -0.4 is 4.74 Å². The van der Waals surface area contributed by atoms with Crippen molar-refractivity contribution in [2.24, 2.45) is 5.92 Å². The molecule has 3 rings (SSSR count). The fourth-order valence-corrected chi connectivity index (χ4v) is 3.78. The minimum atomic E-state index is -0.844. The van der Waals surface area contributed by atoms with Crippen LogP contribution in [-0.2, 0) is 4.79 Å². The van der Waals surface area contributed by atoms with E-state index in [9.17, 15) is 19.1 Å². The Morgan fingerprint density at radius 3 is 2.59 bits per heavy atom. The van der Waals surface area contributed by atoms with Crippen molar-refractivity contribution in [1.82, 2.24) is 14.7 Å². The third-order valence-electron chi connectivity index (χ3n) is 5.43. The second-order valence-electron chi connectivity index (χ2n) is 7.51. The van der Waals surface area contributed by atoms with Crippen LogP contribution in [0.15, 0.2) is 24.3 Å². The molecule has 0 unspecified atom stereocenters. The minimum absolute atomic E-state index is 0.0880. The predicted octanol–water partition coefficient (Wildman–Crippen LogP) is 1.17. The molecule has 3 amide bonds. The highest BCUT2D eigenvalue weighted by Gasteiger charge is 2.46. The molecule has 2 aliphatic rings. The van der Waals surface area contributed by atoms with Gasteiger partial charge in [0.25, 0.3) is 5.91 Å². The molecule has 2 fully saturated rings. The molecular formula is C19H26FN3O4. The van der Waals surface area contributed by atoms with Gasteiger partial charge in [-0.15, -0.1) is 0 Å². The molecule has 1 aromatic rings. The number of likely N-dealkylation sites (tertiary alicyclic amines) is 2. The molecule has 0 spiro atoms. The fraction of sp³-hybridized carbons (Fsp3) is 0.579. The number of hydrogen-bond acceptors (Lipinski definition) is 4. The van der Waals surface area contributed by atoms with Crippen LogP contribution in [-0.4, -0.2) is 84.2 Å². The maximum atomic E-state index is 13.2. The number of nitrogens with zero attached hydrogens (tertiary/aromatic N) is 3. The zero-order chi connectivity index (χ0) is 19.6. The van der Waals surface area contributed by atoms with Gasteiger partial charge >= 0.3 is 6.03 Å². The monoisotopic (exact) mass is 379 g/mol. The molecule has 0 saturated carbocycles. The van der Waals surface area contributed by atoms with Gasteiger partial charge in [0, 0.05) is 52.3 Å². The normalized spacial score (nSPS) is 25.0. The molecule has 0 aliphatic carbocycles. The number of aliphatic hydroxyl groups is 1. The second kappa shape index (κ2) is 7.72. The zero-order valence-electron chi connectivity index (χ0n) is 15.7. The number of hydrogen-bond donors (Lipinski definition) is 1. The molecule has 2 aliphatic heterocycles. The molecule has 0 bridgehead atoms. The van der Waals surface area contributed by atoms with Crippen LogP contribution in [0.4, 0.5) is 9.18 Å². The summed E-state index contributed by atoms with van der Waals surface area (Å²) in [4.78, 5) is 29.6. The van der Waals surface area contributed by atoms with E-state index in [4.69, 9.17) is 4.74 Å². The van der Waals surface area contributed by atoms with Crippen molar-refractivity contribution < 1.29 is 23.8 Å². The SMILES string of the molecule is CN(C)C(=O)N1CC[C@]2(O)CCN(C(=O)COc3cccc(F)c3)C[C@@H]2C1. The number of ether oxygens (including phenoxy) is 1. The van der Waals surface area contributed by atoms with E-state index in [0.29, 0.717) is 44.8 Å². The smallest absolute Gasteiger partial charge is 0.319 e. The first-order valence-electron chi connectivity index (χ1n) is 9.13. The number of halogens is 1. The summed E-state index contributed by atoms with van der Waals surface area (Å²) < 4.78 is 18.6. The van der Waals surface area contributed by atoms with Crippen LogP contribution >= 0.6 is 0 Å². The lowest BCUT2D eigenvalue weighted by Gasteiger charge is -2.50. The molecule has 2 heterocycles. The summed E-state index contributed by atoms with van der Waals surface area (Å²) in [5, 5.41) is 10.9. The van der Waals surface area contributed by atoms with Crippen molar-refractivity contribution in [2.45, 2.75) is 18.4 Å². The van der Waals surface area contributed by atoms with Crippen molar-refractivity contribution >= 4 is 11.9 Å². The molecule has 1 aromatic carbocycles. The molecule has 27 heavy (non-hydrogen) atoms. The summed E-state index contributed by atoms with van der Waals surface area (Å²) in [6, 6.07) is 5.57. The van der Waals surface area contributed by atoms with Gasteiger partial charge in [-0.1, -0.05) is 6.07 Å². The summed E-state index contributed by atoms with van der Waals surface area (Å²) in [6.45, 7) is 1.57. The standard InChI is InChI=1S/C19H26FN3O4/c1-21(2)18(25)23-9-7-19(26)6-8-22(11-14(19)12-23)17(24)13-27-16-5-3-4-15(20)10-16/h3-5,10,14,26H,6-9,11-13H2,1-2H3/t14-,19-/m1/s1. The van der Waals surface area contributed by atoms with E-state index >= 15 is 0 Å². The van der Waals surface area contributed by atoms with Gasteiger partial charge in [0.05, 0.1) is 5.60 Å². The third kappa shape index (κ3) is 4.32. The highest BCUT2D eigenvalue weighted by molar-refractivity contribution is 5.78. The third-order valence-corrected chi connectivity index (χ3v) is 5.43. The van der Waals surface area contributed by atoms with Crippen molar-refractivity contribution in [2.75, 3.05) is 46.9 Å². The number of amides is 3. The van der Waals surface area contributed by atoms with E-state index in [1.807, 2.05) is 0 Å². The van der Waals surface area contributed by atoms with E-state index < -0.39 is 11.4 Å². The summed E-state index contributed by atoms with van der Waals surface area (Å²) in [6.07, 6.45) is 0.992. The Labute approximate surface area is 158 Å². The predicted molar refractivity (Wildman–Crippen MR) is 96.8 cm³/mol. The molecule has 1 N–H and O–H groups in total. The van der Waals surface area contributed by atoms with Crippen molar-refractivity contribution in [1.29, 1.82) is 0 Å². The van der Waals surface area contributed by atoms with Gasteiger partial charge in [-0.2, -0.15) is 0 Å². The maximum absolute atomic E-state index is 13.2. The second-order valence-corrected chi connectivity index (χ2v) is 7.51. The number of urea groups is 1. The molecule has 2 saturated heterocycles. The molecule has 148 valence electrons. The Bertz CT molecular complexity index is 714. The van der Waals surface area contributed by atoms with E-state index in [-0.39, 0.29) is 24.5 Å². The number of fused-ring (bicyclic) bond motifs is 1. The fourth-order valence-electron chi connectivity index (χ4n) is 3.78. The first-order valence-corrected chi connectivity index (χ1v) is 9.13. The van der Waals surface area contributed by atoms with Crippen molar-refractivity contribution in [3.05, 3.63) is 30.1 Å². The van der Waals surface area contributed by atoms with Crippen LogP contribution in [0.2, 0.25) is 0 Å². The molecule has 2 atom stereocenters. The van der Waals surface area contributed by atoms with Gasteiger partial charge < -0.3 is 24.5 Å².